The Labute approximate surface area is 142 Å². The number of alkyl halides is 3. The Balaban J connectivity index is 2.03. The fourth-order valence-corrected chi connectivity index (χ4v) is 2.35. The van der Waals surface area contributed by atoms with Gasteiger partial charge in [0.05, 0.1) is 11.5 Å². The van der Waals surface area contributed by atoms with Gasteiger partial charge in [0.15, 0.2) is 0 Å². The van der Waals surface area contributed by atoms with Crippen LogP contribution in [0, 0.1) is 5.92 Å². The summed E-state index contributed by atoms with van der Waals surface area (Å²) in [6, 6.07) is 13.0. The number of carboxylic acid groups (broad SMARTS) is 1. The lowest BCUT2D eigenvalue weighted by Gasteiger charge is -2.13. The van der Waals surface area contributed by atoms with Crippen molar-refractivity contribution in [1.82, 2.24) is 0 Å². The second-order valence-corrected chi connectivity index (χ2v) is 5.56. The molecule has 0 radical (unpaired) electrons. The number of nitrogens with one attached hydrogen (secondary N) is 1. The van der Waals surface area contributed by atoms with Crippen molar-refractivity contribution in [2.45, 2.75) is 19.0 Å². The maximum Gasteiger partial charge on any atom is 0.416 e. The van der Waals surface area contributed by atoms with Crippen LogP contribution in [0.5, 0.6) is 0 Å². The largest absolute Gasteiger partial charge is 0.481 e. The van der Waals surface area contributed by atoms with Crippen molar-refractivity contribution in [3.63, 3.8) is 0 Å². The first-order chi connectivity index (χ1) is 11.8. The maximum absolute atomic E-state index is 12.7. The van der Waals surface area contributed by atoms with Crippen LogP contribution in [0.3, 0.4) is 0 Å². The van der Waals surface area contributed by atoms with Gasteiger partial charge in [-0.15, -0.1) is 0 Å². The zero-order valence-electron chi connectivity index (χ0n) is 13.1. The van der Waals surface area contributed by atoms with Crippen LogP contribution in [-0.2, 0) is 22.2 Å². The van der Waals surface area contributed by atoms with Crippen LogP contribution < -0.4 is 5.32 Å². The summed E-state index contributed by atoms with van der Waals surface area (Å²) < 4.78 is 38.0. The zero-order valence-corrected chi connectivity index (χ0v) is 13.1. The van der Waals surface area contributed by atoms with Gasteiger partial charge in [0.1, 0.15) is 0 Å². The number of hydrogen-bond acceptors (Lipinski definition) is 2. The maximum atomic E-state index is 12.7. The number of hydrogen-bond donors (Lipinski definition) is 2. The van der Waals surface area contributed by atoms with Crippen molar-refractivity contribution in [3.8, 4) is 0 Å². The Bertz CT molecular complexity index is 745. The summed E-state index contributed by atoms with van der Waals surface area (Å²) in [6.45, 7) is 0. The van der Waals surface area contributed by atoms with Crippen LogP contribution in [-0.4, -0.2) is 17.0 Å². The molecule has 2 aromatic carbocycles. The molecule has 0 aliphatic heterocycles. The van der Waals surface area contributed by atoms with Gasteiger partial charge < -0.3 is 10.4 Å². The minimum atomic E-state index is -4.52. The average molecular weight is 351 g/mol. The number of anilines is 1. The lowest BCUT2D eigenvalue weighted by atomic mass is 9.96. The molecule has 2 N–H and O–H groups in total. The summed E-state index contributed by atoms with van der Waals surface area (Å²) in [7, 11) is 0. The van der Waals surface area contributed by atoms with E-state index in [2.05, 4.69) is 5.32 Å². The minimum absolute atomic E-state index is 0.0244. The van der Waals surface area contributed by atoms with E-state index >= 15 is 0 Å². The molecule has 0 fully saturated rings. The van der Waals surface area contributed by atoms with E-state index in [1.165, 1.54) is 12.1 Å². The van der Waals surface area contributed by atoms with Gasteiger partial charge >= 0.3 is 12.1 Å². The predicted molar refractivity (Wildman–Crippen MR) is 86.0 cm³/mol. The first-order valence-electron chi connectivity index (χ1n) is 7.49. The SMILES string of the molecule is O=C(C[C@H](Cc1ccccc1)C(=O)O)Nc1cccc(C(F)(F)F)c1. The molecule has 1 atom stereocenters. The molecule has 25 heavy (non-hydrogen) atoms. The third-order valence-electron chi connectivity index (χ3n) is 3.58. The monoisotopic (exact) mass is 351 g/mol. The van der Waals surface area contributed by atoms with Gasteiger partial charge in [0, 0.05) is 12.1 Å². The van der Waals surface area contributed by atoms with Crippen LogP contribution in [0.25, 0.3) is 0 Å². The molecule has 0 bridgehead atoms. The number of carboxylic acids is 1. The van der Waals surface area contributed by atoms with Gasteiger partial charge in [-0.2, -0.15) is 13.2 Å². The summed E-state index contributed by atoms with van der Waals surface area (Å²) in [4.78, 5) is 23.4. The molecular formula is C18H16F3NO3. The Hall–Kier alpha value is -2.83. The van der Waals surface area contributed by atoms with E-state index in [4.69, 9.17) is 0 Å². The molecular weight excluding hydrogens is 335 g/mol. The van der Waals surface area contributed by atoms with E-state index in [9.17, 15) is 27.9 Å². The van der Waals surface area contributed by atoms with Crippen molar-refractivity contribution in [3.05, 3.63) is 65.7 Å². The molecule has 0 aromatic heterocycles. The summed E-state index contributed by atoms with van der Waals surface area (Å²) in [5, 5.41) is 11.6. The molecule has 1 amide bonds. The molecule has 0 spiro atoms. The summed E-state index contributed by atoms with van der Waals surface area (Å²) in [6.07, 6.45) is -4.69. The fourth-order valence-electron chi connectivity index (χ4n) is 2.35. The Morgan fingerprint density at radius 2 is 1.72 bits per heavy atom. The van der Waals surface area contributed by atoms with E-state index in [-0.39, 0.29) is 18.5 Å². The van der Waals surface area contributed by atoms with Crippen molar-refractivity contribution < 1.29 is 27.9 Å². The van der Waals surface area contributed by atoms with E-state index in [1.54, 1.807) is 30.3 Å². The van der Waals surface area contributed by atoms with Crippen LogP contribution in [0.15, 0.2) is 54.6 Å². The zero-order chi connectivity index (χ0) is 18.4. The quantitative estimate of drug-likeness (QED) is 0.827. The average Bonchev–Trinajstić information content (AvgIpc) is 2.54. The molecule has 0 aliphatic carbocycles. The molecule has 2 aromatic rings. The van der Waals surface area contributed by atoms with Gasteiger partial charge in [-0.05, 0) is 30.2 Å². The Kier molecular flexibility index (Phi) is 5.80. The van der Waals surface area contributed by atoms with Crippen molar-refractivity contribution in [2.75, 3.05) is 5.32 Å². The first kappa shape index (κ1) is 18.5. The van der Waals surface area contributed by atoms with Gasteiger partial charge in [0.2, 0.25) is 5.91 Å². The van der Waals surface area contributed by atoms with E-state index < -0.39 is 29.5 Å². The molecule has 0 saturated carbocycles. The van der Waals surface area contributed by atoms with Crippen LogP contribution >= 0.6 is 0 Å². The molecule has 7 heteroatoms. The number of carbonyl (C=O) groups is 2. The summed E-state index contributed by atoms with van der Waals surface area (Å²) in [5.41, 5.74) is -0.144. The number of rotatable bonds is 6. The summed E-state index contributed by atoms with van der Waals surface area (Å²) >= 11 is 0. The molecule has 0 heterocycles. The third kappa shape index (κ3) is 5.63. The standard InChI is InChI=1S/C18H16F3NO3/c19-18(20,21)14-7-4-8-15(11-14)22-16(23)10-13(17(24)25)9-12-5-2-1-3-6-12/h1-8,11,13H,9-10H2,(H,22,23)(H,24,25)/t13-/m0/s1. The van der Waals surface area contributed by atoms with E-state index in [0.717, 1.165) is 17.7 Å². The second-order valence-electron chi connectivity index (χ2n) is 5.56. The molecule has 0 saturated heterocycles. The Morgan fingerprint density at radius 3 is 2.32 bits per heavy atom. The van der Waals surface area contributed by atoms with E-state index in [0.29, 0.717) is 0 Å². The van der Waals surface area contributed by atoms with Gasteiger partial charge in [0.25, 0.3) is 0 Å². The summed E-state index contributed by atoms with van der Waals surface area (Å²) in [5.74, 6) is -2.75. The highest BCUT2D eigenvalue weighted by atomic mass is 19.4. The van der Waals surface area contributed by atoms with Crippen molar-refractivity contribution in [2.24, 2.45) is 5.92 Å². The molecule has 4 nitrogen and oxygen atoms in total. The number of aliphatic carboxylic acids is 1. The number of amides is 1. The third-order valence-corrected chi connectivity index (χ3v) is 3.58. The lowest BCUT2D eigenvalue weighted by Crippen LogP contribution is -2.24. The Morgan fingerprint density at radius 1 is 1.04 bits per heavy atom. The number of carbonyl (C=O) groups excluding carboxylic acids is 1. The van der Waals surface area contributed by atoms with Gasteiger partial charge in [-0.3, -0.25) is 9.59 Å². The van der Waals surface area contributed by atoms with Crippen molar-refractivity contribution >= 4 is 17.6 Å². The van der Waals surface area contributed by atoms with E-state index in [1.807, 2.05) is 0 Å². The van der Waals surface area contributed by atoms with Gasteiger partial charge in [-0.1, -0.05) is 36.4 Å². The first-order valence-corrected chi connectivity index (χ1v) is 7.49. The molecule has 2 rings (SSSR count). The van der Waals surface area contributed by atoms with Crippen molar-refractivity contribution in [1.29, 1.82) is 0 Å². The highest BCUT2D eigenvalue weighted by molar-refractivity contribution is 5.93. The predicted octanol–water partition coefficient (Wildman–Crippen LogP) is 3.98. The molecule has 0 aliphatic rings. The smallest absolute Gasteiger partial charge is 0.416 e. The van der Waals surface area contributed by atoms with Crippen LogP contribution in [0.2, 0.25) is 0 Å². The lowest BCUT2D eigenvalue weighted by molar-refractivity contribution is -0.143. The number of benzene rings is 2. The number of halogens is 3. The molecule has 0 unspecified atom stereocenters. The highest BCUT2D eigenvalue weighted by Gasteiger charge is 2.30. The highest BCUT2D eigenvalue weighted by Crippen LogP contribution is 2.30. The van der Waals surface area contributed by atoms with Crippen LogP contribution in [0.1, 0.15) is 17.5 Å². The normalized spacial score (nSPS) is 12.4. The van der Waals surface area contributed by atoms with Gasteiger partial charge in [-0.25, -0.2) is 0 Å². The fraction of sp³-hybridized carbons (Fsp3) is 0.222. The second kappa shape index (κ2) is 7.83. The minimum Gasteiger partial charge on any atom is -0.481 e. The van der Waals surface area contributed by atoms with Crippen LogP contribution in [0.4, 0.5) is 18.9 Å². The molecule has 132 valence electrons. The topological polar surface area (TPSA) is 66.4 Å².